The van der Waals surface area contributed by atoms with Gasteiger partial charge >= 0.3 is 0 Å². The average molecular weight is 360 g/mol. The van der Waals surface area contributed by atoms with E-state index < -0.39 is 0 Å². The van der Waals surface area contributed by atoms with E-state index in [1.54, 1.807) is 26.4 Å². The Morgan fingerprint density at radius 1 is 0.846 bits per heavy atom. The largest absolute Gasteiger partial charge is 0.494 e. The summed E-state index contributed by atoms with van der Waals surface area (Å²) < 4.78 is 30.2. The van der Waals surface area contributed by atoms with Crippen LogP contribution in [0, 0.1) is 5.82 Å². The molecule has 1 aliphatic heterocycles. The summed E-state index contributed by atoms with van der Waals surface area (Å²) in [5.41, 5.74) is 1.92. The molecule has 1 heterocycles. The minimum absolute atomic E-state index is 0.0719. The normalized spacial score (nSPS) is 16.2. The first-order chi connectivity index (χ1) is 12.7. The SMILES string of the molecule is COc1ccc(C(c2ccc(OC)c(OC)c2)N2CCNCC2)cc1F. The Bertz CT molecular complexity index is 748. The van der Waals surface area contributed by atoms with Gasteiger partial charge in [0.15, 0.2) is 23.1 Å². The van der Waals surface area contributed by atoms with Crippen molar-refractivity contribution in [3.05, 3.63) is 53.3 Å². The van der Waals surface area contributed by atoms with Crippen LogP contribution in [0.4, 0.5) is 4.39 Å². The fraction of sp³-hybridized carbons (Fsp3) is 0.400. The van der Waals surface area contributed by atoms with Gasteiger partial charge in [-0.1, -0.05) is 12.1 Å². The van der Waals surface area contributed by atoms with Crippen LogP contribution < -0.4 is 19.5 Å². The lowest BCUT2D eigenvalue weighted by Crippen LogP contribution is -2.45. The van der Waals surface area contributed by atoms with Crippen molar-refractivity contribution in [1.29, 1.82) is 0 Å². The fourth-order valence-electron chi connectivity index (χ4n) is 3.43. The van der Waals surface area contributed by atoms with Crippen LogP contribution >= 0.6 is 0 Å². The molecule has 140 valence electrons. The van der Waals surface area contributed by atoms with Crippen LogP contribution in [0.25, 0.3) is 0 Å². The molecule has 0 aliphatic carbocycles. The Morgan fingerprint density at radius 3 is 2.00 bits per heavy atom. The summed E-state index contributed by atoms with van der Waals surface area (Å²) in [7, 11) is 4.71. The Morgan fingerprint density at radius 2 is 1.42 bits per heavy atom. The molecule has 0 spiro atoms. The first kappa shape index (κ1) is 18.5. The summed E-state index contributed by atoms with van der Waals surface area (Å²) in [6.07, 6.45) is 0. The maximum atomic E-state index is 14.4. The standard InChI is InChI=1S/C20H25FN2O3/c1-24-17-6-4-14(12-16(17)21)20(23-10-8-22-9-11-23)15-5-7-18(25-2)19(13-15)26-3/h4-7,12-13,20,22H,8-11H2,1-3H3. The maximum Gasteiger partial charge on any atom is 0.165 e. The number of ether oxygens (including phenoxy) is 3. The highest BCUT2D eigenvalue weighted by Gasteiger charge is 2.26. The van der Waals surface area contributed by atoms with Gasteiger partial charge in [0.1, 0.15) is 0 Å². The molecule has 1 aliphatic rings. The molecule has 0 bridgehead atoms. The number of benzene rings is 2. The number of hydrogen-bond acceptors (Lipinski definition) is 5. The predicted octanol–water partition coefficient (Wildman–Crippen LogP) is 2.85. The maximum absolute atomic E-state index is 14.4. The van der Waals surface area contributed by atoms with Crippen LogP contribution in [-0.4, -0.2) is 52.4 Å². The highest BCUT2D eigenvalue weighted by Crippen LogP contribution is 2.36. The minimum Gasteiger partial charge on any atom is -0.494 e. The lowest BCUT2D eigenvalue weighted by molar-refractivity contribution is 0.197. The molecule has 1 saturated heterocycles. The molecule has 5 nitrogen and oxygen atoms in total. The van der Waals surface area contributed by atoms with E-state index >= 15 is 0 Å². The van der Waals surface area contributed by atoms with Gasteiger partial charge in [-0.15, -0.1) is 0 Å². The van der Waals surface area contributed by atoms with E-state index in [4.69, 9.17) is 14.2 Å². The number of methoxy groups -OCH3 is 3. The molecular weight excluding hydrogens is 335 g/mol. The van der Waals surface area contributed by atoms with Crippen molar-refractivity contribution in [2.75, 3.05) is 47.5 Å². The molecular formula is C20H25FN2O3. The molecule has 1 unspecified atom stereocenters. The summed E-state index contributed by atoms with van der Waals surface area (Å²) in [4.78, 5) is 2.35. The molecule has 0 amide bonds. The summed E-state index contributed by atoms with van der Waals surface area (Å²) in [6, 6.07) is 11.0. The van der Waals surface area contributed by atoms with E-state index in [1.165, 1.54) is 7.11 Å². The number of nitrogens with one attached hydrogen (secondary N) is 1. The monoisotopic (exact) mass is 360 g/mol. The second kappa shape index (κ2) is 8.38. The molecule has 6 heteroatoms. The molecule has 1 atom stereocenters. The Hall–Kier alpha value is -2.31. The number of piperazine rings is 1. The first-order valence-corrected chi connectivity index (χ1v) is 8.68. The molecule has 0 saturated carbocycles. The molecule has 0 radical (unpaired) electrons. The molecule has 26 heavy (non-hydrogen) atoms. The van der Waals surface area contributed by atoms with Crippen LogP contribution in [-0.2, 0) is 0 Å². The summed E-state index contributed by atoms with van der Waals surface area (Å²) in [6.45, 7) is 3.57. The Labute approximate surface area is 153 Å². The zero-order chi connectivity index (χ0) is 18.5. The topological polar surface area (TPSA) is 43.0 Å². The first-order valence-electron chi connectivity index (χ1n) is 8.68. The second-order valence-electron chi connectivity index (χ2n) is 6.20. The Kier molecular flexibility index (Phi) is 5.96. The lowest BCUT2D eigenvalue weighted by Gasteiger charge is -2.36. The van der Waals surface area contributed by atoms with Crippen LogP contribution in [0.1, 0.15) is 17.2 Å². The number of rotatable bonds is 6. The number of nitrogens with zero attached hydrogens (tertiary/aromatic N) is 1. The summed E-state index contributed by atoms with van der Waals surface area (Å²) in [5, 5.41) is 3.36. The smallest absolute Gasteiger partial charge is 0.165 e. The van der Waals surface area contributed by atoms with Crippen molar-refractivity contribution in [3.8, 4) is 17.2 Å². The van der Waals surface area contributed by atoms with Gasteiger partial charge in [0.25, 0.3) is 0 Å². The van der Waals surface area contributed by atoms with Crippen LogP contribution in [0.3, 0.4) is 0 Å². The number of halogens is 1. The molecule has 3 rings (SSSR count). The minimum atomic E-state index is -0.356. The van der Waals surface area contributed by atoms with Gasteiger partial charge < -0.3 is 19.5 Å². The van der Waals surface area contributed by atoms with Gasteiger partial charge in [-0.3, -0.25) is 4.90 Å². The molecule has 1 N–H and O–H groups in total. The van der Waals surface area contributed by atoms with Gasteiger partial charge in [-0.25, -0.2) is 4.39 Å². The molecule has 1 fully saturated rings. The number of hydrogen-bond donors (Lipinski definition) is 1. The molecule has 2 aromatic carbocycles. The second-order valence-corrected chi connectivity index (χ2v) is 6.20. The van der Waals surface area contributed by atoms with E-state index in [9.17, 15) is 4.39 Å². The average Bonchev–Trinajstić information content (AvgIpc) is 2.69. The van der Waals surface area contributed by atoms with Crippen molar-refractivity contribution in [2.24, 2.45) is 0 Å². The van der Waals surface area contributed by atoms with Gasteiger partial charge in [0, 0.05) is 26.2 Å². The van der Waals surface area contributed by atoms with E-state index in [2.05, 4.69) is 10.2 Å². The molecule has 0 aromatic heterocycles. The highest BCUT2D eigenvalue weighted by molar-refractivity contribution is 5.46. The van der Waals surface area contributed by atoms with Crippen LogP contribution in [0.2, 0.25) is 0 Å². The third-order valence-corrected chi connectivity index (χ3v) is 4.73. The van der Waals surface area contributed by atoms with Crippen molar-refractivity contribution < 1.29 is 18.6 Å². The fourth-order valence-corrected chi connectivity index (χ4v) is 3.43. The van der Waals surface area contributed by atoms with Crippen molar-refractivity contribution in [3.63, 3.8) is 0 Å². The van der Waals surface area contributed by atoms with Gasteiger partial charge in [0.2, 0.25) is 0 Å². The van der Waals surface area contributed by atoms with Crippen LogP contribution in [0.5, 0.6) is 17.2 Å². The van der Waals surface area contributed by atoms with Crippen LogP contribution in [0.15, 0.2) is 36.4 Å². The summed E-state index contributed by atoms with van der Waals surface area (Å²) in [5.74, 6) is 1.24. The zero-order valence-corrected chi connectivity index (χ0v) is 15.4. The molecule has 2 aromatic rings. The van der Waals surface area contributed by atoms with Crippen molar-refractivity contribution >= 4 is 0 Å². The quantitative estimate of drug-likeness (QED) is 0.858. The van der Waals surface area contributed by atoms with E-state index in [0.29, 0.717) is 11.5 Å². The predicted molar refractivity (Wildman–Crippen MR) is 98.8 cm³/mol. The van der Waals surface area contributed by atoms with E-state index in [1.807, 2.05) is 24.3 Å². The van der Waals surface area contributed by atoms with Crippen molar-refractivity contribution in [2.45, 2.75) is 6.04 Å². The summed E-state index contributed by atoms with van der Waals surface area (Å²) >= 11 is 0. The lowest BCUT2D eigenvalue weighted by atomic mass is 9.95. The third-order valence-electron chi connectivity index (χ3n) is 4.73. The highest BCUT2D eigenvalue weighted by atomic mass is 19.1. The van der Waals surface area contributed by atoms with Crippen molar-refractivity contribution in [1.82, 2.24) is 10.2 Å². The van der Waals surface area contributed by atoms with Gasteiger partial charge in [-0.2, -0.15) is 0 Å². The Balaban J connectivity index is 2.05. The van der Waals surface area contributed by atoms with E-state index in [0.717, 1.165) is 37.3 Å². The zero-order valence-electron chi connectivity index (χ0n) is 15.4. The third kappa shape index (κ3) is 3.76. The van der Waals surface area contributed by atoms with Gasteiger partial charge in [-0.05, 0) is 35.4 Å². The van der Waals surface area contributed by atoms with Gasteiger partial charge in [0.05, 0.1) is 27.4 Å². The van der Waals surface area contributed by atoms with E-state index in [-0.39, 0.29) is 17.6 Å².